The first-order valence-corrected chi connectivity index (χ1v) is 9.01. The van der Waals surface area contributed by atoms with E-state index in [0.29, 0.717) is 31.5 Å². The summed E-state index contributed by atoms with van der Waals surface area (Å²) >= 11 is 0.828. The number of piperidine rings is 1. The highest BCUT2D eigenvalue weighted by Crippen LogP contribution is 2.40. The Balaban J connectivity index is 2.28. The van der Waals surface area contributed by atoms with Crippen LogP contribution in [0.4, 0.5) is 0 Å². The number of benzene rings is 1. The van der Waals surface area contributed by atoms with Crippen molar-refractivity contribution in [3.05, 3.63) is 40.8 Å². The molecule has 1 saturated heterocycles. The highest BCUT2D eigenvalue weighted by atomic mass is 32.2. The zero-order chi connectivity index (χ0) is 18.3. The molecule has 0 spiro atoms. The monoisotopic (exact) mass is 365 g/mol. The lowest BCUT2D eigenvalue weighted by Gasteiger charge is -2.42. The molecule has 1 aliphatic rings. The molecule has 25 heavy (non-hydrogen) atoms. The molecule has 2 rings (SSSR count). The first kappa shape index (κ1) is 19.4. The number of hydrogen-bond donors (Lipinski definition) is 1. The Kier molecular flexibility index (Phi) is 6.95. The molecular weight excluding hydrogens is 342 g/mol. The van der Waals surface area contributed by atoms with Gasteiger partial charge in [0.2, 0.25) is 0 Å². The molecular formula is C17H23N3O4S. The average molecular weight is 365 g/mol. The van der Waals surface area contributed by atoms with Crippen LogP contribution in [0.2, 0.25) is 0 Å². The summed E-state index contributed by atoms with van der Waals surface area (Å²) < 4.78 is 7.36. The van der Waals surface area contributed by atoms with Crippen molar-refractivity contribution < 1.29 is 14.3 Å². The van der Waals surface area contributed by atoms with Crippen molar-refractivity contribution in [2.45, 2.75) is 30.6 Å². The molecule has 1 unspecified atom stereocenters. The number of nitrogens with one attached hydrogen (secondary N) is 1. The molecule has 1 atom stereocenters. The lowest BCUT2D eigenvalue weighted by Crippen LogP contribution is -2.59. The minimum Gasteiger partial charge on any atom is -0.464 e. The van der Waals surface area contributed by atoms with E-state index in [9.17, 15) is 14.5 Å². The van der Waals surface area contributed by atoms with Crippen LogP contribution in [0, 0.1) is 4.91 Å². The Labute approximate surface area is 151 Å². The van der Waals surface area contributed by atoms with Gasteiger partial charge in [-0.3, -0.25) is 4.79 Å². The van der Waals surface area contributed by atoms with Crippen molar-refractivity contribution in [1.29, 1.82) is 0 Å². The van der Waals surface area contributed by atoms with E-state index in [4.69, 9.17) is 4.74 Å². The molecule has 1 aromatic rings. The van der Waals surface area contributed by atoms with E-state index < -0.39 is 16.8 Å². The molecule has 0 aliphatic carbocycles. The molecule has 0 aromatic heterocycles. The van der Waals surface area contributed by atoms with Crippen LogP contribution in [-0.2, 0) is 9.53 Å². The smallest absolute Gasteiger partial charge is 0.330 e. The molecule has 1 fully saturated rings. The number of ether oxygens (including phenoxy) is 1. The fraction of sp³-hybridized carbons (Fsp3) is 0.529. The van der Waals surface area contributed by atoms with Gasteiger partial charge >= 0.3 is 5.97 Å². The van der Waals surface area contributed by atoms with E-state index in [2.05, 4.69) is 14.8 Å². The summed E-state index contributed by atoms with van der Waals surface area (Å²) in [6.07, 6.45) is 1.11. The molecule has 136 valence electrons. The highest BCUT2D eigenvalue weighted by Gasteiger charge is 2.48. The number of carbonyl (C=O) groups excluding carboxylic acids is 2. The maximum Gasteiger partial charge on any atom is 0.330 e. The predicted molar refractivity (Wildman–Crippen MR) is 97.2 cm³/mol. The number of nitrogens with zero attached hydrogens (tertiary/aromatic N) is 2. The van der Waals surface area contributed by atoms with Crippen molar-refractivity contribution in [3.8, 4) is 0 Å². The van der Waals surface area contributed by atoms with Crippen LogP contribution in [0.3, 0.4) is 0 Å². The van der Waals surface area contributed by atoms with Crippen molar-refractivity contribution in [2.24, 2.45) is 4.58 Å². The first-order chi connectivity index (χ1) is 12.0. The Bertz CT molecular complexity index is 603. The topological polar surface area (TPSA) is 88.1 Å². The molecule has 1 aromatic carbocycles. The Morgan fingerprint density at radius 1 is 1.32 bits per heavy atom. The summed E-state index contributed by atoms with van der Waals surface area (Å²) in [5, 5.41) is 2.78. The summed E-state index contributed by atoms with van der Waals surface area (Å²) in [4.78, 5) is 38.3. The third kappa shape index (κ3) is 4.79. The normalized spacial score (nSPS) is 18.2. The van der Waals surface area contributed by atoms with Gasteiger partial charge < -0.3 is 15.0 Å². The molecule has 8 heteroatoms. The van der Waals surface area contributed by atoms with E-state index in [1.54, 1.807) is 31.2 Å². The van der Waals surface area contributed by atoms with Gasteiger partial charge in [0.15, 0.2) is 0 Å². The first-order valence-electron chi connectivity index (χ1n) is 8.24. The summed E-state index contributed by atoms with van der Waals surface area (Å²) in [6.45, 7) is 3.32. The average Bonchev–Trinajstić information content (AvgIpc) is 2.63. The summed E-state index contributed by atoms with van der Waals surface area (Å²) in [5.74, 6) is -0.907. The van der Waals surface area contributed by atoms with Crippen LogP contribution in [0.1, 0.15) is 30.1 Å². The van der Waals surface area contributed by atoms with Crippen LogP contribution in [0.5, 0.6) is 0 Å². The summed E-state index contributed by atoms with van der Waals surface area (Å²) in [7, 11) is 1.98. The molecule has 1 N–H and O–H groups in total. The van der Waals surface area contributed by atoms with E-state index in [0.717, 1.165) is 11.9 Å². The van der Waals surface area contributed by atoms with Crippen LogP contribution < -0.4 is 5.32 Å². The van der Waals surface area contributed by atoms with Crippen molar-refractivity contribution in [1.82, 2.24) is 10.2 Å². The van der Waals surface area contributed by atoms with E-state index in [1.807, 2.05) is 13.1 Å². The Morgan fingerprint density at radius 3 is 2.52 bits per heavy atom. The van der Waals surface area contributed by atoms with Gasteiger partial charge in [0, 0.05) is 22.1 Å². The van der Waals surface area contributed by atoms with Crippen molar-refractivity contribution in [2.75, 3.05) is 26.7 Å². The predicted octanol–water partition coefficient (Wildman–Crippen LogP) is 2.23. The molecule has 1 amide bonds. The number of amides is 1. The van der Waals surface area contributed by atoms with Gasteiger partial charge in [0.05, 0.1) is 11.4 Å². The molecule has 7 nitrogen and oxygen atoms in total. The zero-order valence-corrected chi connectivity index (χ0v) is 15.3. The number of esters is 1. The maximum atomic E-state index is 12.6. The largest absolute Gasteiger partial charge is 0.464 e. The molecule has 0 saturated carbocycles. The second-order valence-corrected chi connectivity index (χ2v) is 7.20. The quantitative estimate of drug-likeness (QED) is 0.453. The lowest BCUT2D eigenvalue weighted by molar-refractivity contribution is -0.146. The lowest BCUT2D eigenvalue weighted by atomic mass is 9.88. The van der Waals surface area contributed by atoms with Crippen LogP contribution in [0.25, 0.3) is 0 Å². The van der Waals surface area contributed by atoms with Gasteiger partial charge in [-0.15, -0.1) is 4.91 Å². The van der Waals surface area contributed by atoms with Crippen molar-refractivity contribution in [3.63, 3.8) is 0 Å². The van der Waals surface area contributed by atoms with Crippen LogP contribution in [-0.4, -0.2) is 54.3 Å². The van der Waals surface area contributed by atoms with Gasteiger partial charge in [0.25, 0.3) is 5.91 Å². The molecule has 1 heterocycles. The second-order valence-electron chi connectivity index (χ2n) is 6.06. The van der Waals surface area contributed by atoms with E-state index in [-0.39, 0.29) is 12.5 Å². The van der Waals surface area contributed by atoms with E-state index >= 15 is 0 Å². The Morgan fingerprint density at radius 2 is 1.96 bits per heavy atom. The zero-order valence-electron chi connectivity index (χ0n) is 14.4. The number of carbonyl (C=O) groups is 2. The standard InChI is InChI=1S/C17H23N3O4S/c1-3-24-16(22)14(18-15(21)13-7-5-4-6-8-13)17(25-19-23)9-11-20(2)12-10-17/h4-8,14H,3,9-12H2,1-2H3,(H,18,21). The van der Waals surface area contributed by atoms with Gasteiger partial charge in [-0.25, -0.2) is 4.79 Å². The highest BCUT2D eigenvalue weighted by molar-refractivity contribution is 7.99. The van der Waals surface area contributed by atoms with Gasteiger partial charge in [-0.05, 0) is 52.0 Å². The van der Waals surface area contributed by atoms with Gasteiger partial charge in [-0.1, -0.05) is 18.2 Å². The van der Waals surface area contributed by atoms with Gasteiger partial charge in [-0.2, -0.15) is 0 Å². The minimum absolute atomic E-state index is 0.200. The maximum absolute atomic E-state index is 12.6. The fourth-order valence-corrected chi connectivity index (χ4v) is 3.71. The summed E-state index contributed by atoms with van der Waals surface area (Å²) in [6, 6.07) is 7.72. The fourth-order valence-electron chi connectivity index (χ4n) is 2.94. The molecule has 0 radical (unpaired) electrons. The summed E-state index contributed by atoms with van der Waals surface area (Å²) in [5.41, 5.74) is 0.448. The second kappa shape index (κ2) is 8.96. The number of nitroso groups, excluding NO2 is 1. The van der Waals surface area contributed by atoms with E-state index in [1.165, 1.54) is 0 Å². The van der Waals surface area contributed by atoms with Gasteiger partial charge in [0.1, 0.15) is 6.04 Å². The van der Waals surface area contributed by atoms with Crippen molar-refractivity contribution >= 4 is 23.8 Å². The third-order valence-corrected chi connectivity index (χ3v) is 5.49. The Hall–Kier alpha value is -1.93. The van der Waals surface area contributed by atoms with Crippen LogP contribution in [0.15, 0.2) is 34.9 Å². The SMILES string of the molecule is CCOC(=O)C(NC(=O)c1ccccc1)C1(SN=O)CCN(C)CC1. The third-order valence-electron chi connectivity index (χ3n) is 4.41. The van der Waals surface area contributed by atoms with Crippen LogP contribution >= 0.6 is 11.9 Å². The molecule has 1 aliphatic heterocycles. The number of likely N-dealkylation sites (tertiary alicyclic amines) is 1. The number of hydrogen-bond acceptors (Lipinski definition) is 7. The molecule has 0 bridgehead atoms. The minimum atomic E-state index is -0.934. The number of rotatable bonds is 7.